The summed E-state index contributed by atoms with van der Waals surface area (Å²) in [5, 5.41) is 14.0. The van der Waals surface area contributed by atoms with Crippen molar-refractivity contribution in [3.05, 3.63) is 16.8 Å². The molecule has 1 N–H and O–H groups in total. The van der Waals surface area contributed by atoms with Crippen molar-refractivity contribution in [2.24, 2.45) is 11.8 Å². The summed E-state index contributed by atoms with van der Waals surface area (Å²) in [6.45, 7) is 9.81. The van der Waals surface area contributed by atoms with Crippen LogP contribution in [0.2, 0.25) is 0 Å². The van der Waals surface area contributed by atoms with Crippen molar-refractivity contribution >= 4 is 39.2 Å². The zero-order chi connectivity index (χ0) is 19.8. The Kier molecular flexibility index (Phi) is 5.78. The monoisotopic (exact) mass is 402 g/mol. The van der Waals surface area contributed by atoms with Gasteiger partial charge in [-0.2, -0.15) is 5.26 Å². The minimum atomic E-state index is -0.870. The van der Waals surface area contributed by atoms with Gasteiger partial charge >= 0.3 is 0 Å². The van der Waals surface area contributed by atoms with Crippen LogP contribution in [0.4, 0.5) is 0 Å². The molecular weight excluding hydrogens is 376 g/mol. The van der Waals surface area contributed by atoms with Crippen molar-refractivity contribution in [1.29, 1.82) is 5.26 Å². The van der Waals surface area contributed by atoms with E-state index in [2.05, 4.69) is 28.3 Å². The van der Waals surface area contributed by atoms with Crippen molar-refractivity contribution in [1.82, 2.24) is 15.3 Å². The van der Waals surface area contributed by atoms with Crippen molar-refractivity contribution < 1.29 is 4.79 Å². The van der Waals surface area contributed by atoms with Crippen LogP contribution < -0.4 is 5.32 Å². The molecule has 0 aliphatic heterocycles. The first kappa shape index (κ1) is 20.1. The summed E-state index contributed by atoms with van der Waals surface area (Å²) in [4.78, 5) is 24.1. The second-order valence-corrected chi connectivity index (χ2v) is 10.3. The standard InChI is InChI=1S/C20H26N4OS2/c1-11(2)20(5,9-21)24-17(25)13(4)26-18-16-14-7-6-12(3)8-15(14)27-19(16)23-10-22-18/h10-13H,6-8H2,1-5H3,(H,24,25)/t12-,13+,20-/m0/s1. The molecule has 1 amide bonds. The van der Waals surface area contributed by atoms with Crippen molar-refractivity contribution in [2.75, 3.05) is 0 Å². The van der Waals surface area contributed by atoms with E-state index in [0.717, 1.165) is 28.1 Å². The Bertz CT molecular complexity index is 901. The molecule has 3 atom stereocenters. The molecule has 0 radical (unpaired) electrons. The molecule has 3 rings (SSSR count). The molecule has 0 aromatic carbocycles. The summed E-state index contributed by atoms with van der Waals surface area (Å²) in [7, 11) is 0. The summed E-state index contributed by atoms with van der Waals surface area (Å²) >= 11 is 3.22. The maximum Gasteiger partial charge on any atom is 0.234 e. The third-order valence-electron chi connectivity index (χ3n) is 5.48. The van der Waals surface area contributed by atoms with Gasteiger partial charge < -0.3 is 5.32 Å². The number of carbonyl (C=O) groups is 1. The quantitative estimate of drug-likeness (QED) is 0.594. The summed E-state index contributed by atoms with van der Waals surface area (Å²) in [5.41, 5.74) is 0.498. The number of amides is 1. The molecule has 0 saturated carbocycles. The molecule has 0 bridgehead atoms. The van der Waals surface area contributed by atoms with E-state index in [4.69, 9.17) is 0 Å². The van der Waals surface area contributed by atoms with E-state index in [1.807, 2.05) is 20.8 Å². The molecule has 144 valence electrons. The van der Waals surface area contributed by atoms with E-state index in [1.165, 1.54) is 28.6 Å². The van der Waals surface area contributed by atoms with Crippen LogP contribution in [0, 0.1) is 23.2 Å². The lowest BCUT2D eigenvalue weighted by molar-refractivity contribution is -0.121. The lowest BCUT2D eigenvalue weighted by Gasteiger charge is -2.28. The van der Waals surface area contributed by atoms with Crippen molar-refractivity contribution in [3.8, 4) is 6.07 Å². The van der Waals surface area contributed by atoms with Gasteiger partial charge in [0.05, 0.1) is 11.3 Å². The number of nitriles is 1. The van der Waals surface area contributed by atoms with Crippen molar-refractivity contribution in [2.45, 2.75) is 69.7 Å². The summed E-state index contributed by atoms with van der Waals surface area (Å²) in [5.74, 6) is 0.599. The lowest BCUT2D eigenvalue weighted by Crippen LogP contribution is -2.51. The van der Waals surface area contributed by atoms with Gasteiger partial charge in [-0.05, 0) is 50.5 Å². The number of aryl methyl sites for hydroxylation is 1. The molecule has 1 aliphatic carbocycles. The fourth-order valence-electron chi connectivity index (χ4n) is 3.22. The predicted molar refractivity (Wildman–Crippen MR) is 111 cm³/mol. The van der Waals surface area contributed by atoms with Gasteiger partial charge in [0.1, 0.15) is 21.7 Å². The second kappa shape index (κ2) is 7.76. The summed E-state index contributed by atoms with van der Waals surface area (Å²) in [6, 6.07) is 2.23. The molecule has 1 aliphatic rings. The fraction of sp³-hybridized carbons (Fsp3) is 0.600. The highest BCUT2D eigenvalue weighted by Crippen LogP contribution is 2.41. The minimum Gasteiger partial charge on any atom is -0.337 e. The number of nitrogens with one attached hydrogen (secondary N) is 1. The number of thiophene rings is 1. The van der Waals surface area contributed by atoms with Gasteiger partial charge in [0.15, 0.2) is 0 Å². The number of aromatic nitrogens is 2. The van der Waals surface area contributed by atoms with Crippen molar-refractivity contribution in [3.63, 3.8) is 0 Å². The molecule has 5 nitrogen and oxygen atoms in total. The minimum absolute atomic E-state index is 0.0280. The van der Waals surface area contributed by atoms with Gasteiger partial charge in [0.2, 0.25) is 5.91 Å². The Hall–Kier alpha value is -1.65. The van der Waals surface area contributed by atoms with Crippen LogP contribution in [0.3, 0.4) is 0 Å². The first-order chi connectivity index (χ1) is 12.7. The van der Waals surface area contributed by atoms with Crippen LogP contribution in [0.5, 0.6) is 0 Å². The predicted octanol–water partition coefficient (Wildman–Crippen LogP) is 4.35. The normalized spacial score (nSPS) is 20.0. The smallest absolute Gasteiger partial charge is 0.234 e. The first-order valence-electron chi connectivity index (χ1n) is 9.40. The van der Waals surface area contributed by atoms with Gasteiger partial charge in [0.25, 0.3) is 0 Å². The van der Waals surface area contributed by atoms with E-state index < -0.39 is 5.54 Å². The fourth-order valence-corrected chi connectivity index (χ4v) is 5.58. The Morgan fingerprint density at radius 3 is 2.85 bits per heavy atom. The van der Waals surface area contributed by atoms with Crippen LogP contribution in [-0.2, 0) is 17.6 Å². The van der Waals surface area contributed by atoms with Crippen LogP contribution in [0.25, 0.3) is 10.2 Å². The second-order valence-electron chi connectivity index (χ2n) is 7.93. The third kappa shape index (κ3) is 3.97. The molecule has 2 aromatic heterocycles. The van der Waals surface area contributed by atoms with Gasteiger partial charge in [-0.15, -0.1) is 11.3 Å². The number of fused-ring (bicyclic) bond motifs is 3. The summed E-state index contributed by atoms with van der Waals surface area (Å²) < 4.78 is 0. The number of rotatable bonds is 5. The topological polar surface area (TPSA) is 78.7 Å². The van der Waals surface area contributed by atoms with E-state index in [-0.39, 0.29) is 17.1 Å². The maximum absolute atomic E-state index is 12.7. The highest BCUT2D eigenvalue weighted by Gasteiger charge is 2.32. The van der Waals surface area contributed by atoms with E-state index in [1.54, 1.807) is 24.6 Å². The Morgan fingerprint density at radius 2 is 2.19 bits per heavy atom. The number of thioether (sulfide) groups is 1. The number of hydrogen-bond donors (Lipinski definition) is 1. The molecule has 0 fully saturated rings. The van der Waals surface area contributed by atoms with Crippen LogP contribution in [-0.4, -0.2) is 26.7 Å². The molecule has 2 aromatic rings. The average molecular weight is 403 g/mol. The molecule has 0 unspecified atom stereocenters. The zero-order valence-corrected chi connectivity index (χ0v) is 18.1. The molecule has 2 heterocycles. The van der Waals surface area contributed by atoms with E-state index in [0.29, 0.717) is 5.92 Å². The Morgan fingerprint density at radius 1 is 1.44 bits per heavy atom. The van der Waals surface area contributed by atoms with Gasteiger partial charge in [-0.3, -0.25) is 4.79 Å². The van der Waals surface area contributed by atoms with Crippen LogP contribution >= 0.6 is 23.1 Å². The average Bonchev–Trinajstić information content (AvgIpc) is 2.99. The maximum atomic E-state index is 12.7. The lowest BCUT2D eigenvalue weighted by atomic mass is 9.89. The SMILES string of the molecule is CC(C)[C@](C)(C#N)NC(=O)[C@@H](C)Sc1ncnc2sc3c(c12)CC[C@H](C)C3. The number of carbonyl (C=O) groups excluding carboxylic acids is 1. The Labute approximate surface area is 169 Å². The molecular formula is C20H26N4OS2. The molecule has 7 heteroatoms. The molecule has 27 heavy (non-hydrogen) atoms. The van der Waals surface area contributed by atoms with Gasteiger partial charge in [-0.1, -0.05) is 32.5 Å². The number of hydrogen-bond acceptors (Lipinski definition) is 6. The Balaban J connectivity index is 1.84. The van der Waals surface area contributed by atoms with E-state index >= 15 is 0 Å². The first-order valence-corrected chi connectivity index (χ1v) is 11.1. The third-order valence-corrected chi connectivity index (χ3v) is 7.75. The van der Waals surface area contributed by atoms with Gasteiger partial charge in [0, 0.05) is 10.3 Å². The van der Waals surface area contributed by atoms with Crippen LogP contribution in [0.1, 0.15) is 51.5 Å². The van der Waals surface area contributed by atoms with E-state index in [9.17, 15) is 10.1 Å². The van der Waals surface area contributed by atoms with Crippen LogP contribution in [0.15, 0.2) is 11.4 Å². The summed E-state index contributed by atoms with van der Waals surface area (Å²) in [6.07, 6.45) is 4.93. The highest BCUT2D eigenvalue weighted by atomic mass is 32.2. The molecule has 0 saturated heterocycles. The molecule has 0 spiro atoms. The van der Waals surface area contributed by atoms with Gasteiger partial charge in [-0.25, -0.2) is 9.97 Å². The number of nitrogens with zero attached hydrogens (tertiary/aromatic N) is 3. The largest absolute Gasteiger partial charge is 0.337 e. The highest BCUT2D eigenvalue weighted by molar-refractivity contribution is 8.00. The zero-order valence-electron chi connectivity index (χ0n) is 16.5.